The van der Waals surface area contributed by atoms with Crippen LogP contribution < -0.4 is 10.0 Å². The second kappa shape index (κ2) is 8.35. The first-order valence-corrected chi connectivity index (χ1v) is 9.68. The van der Waals surface area contributed by atoms with Gasteiger partial charge in [-0.25, -0.2) is 13.1 Å². The Balaban J connectivity index is 2.33. The van der Waals surface area contributed by atoms with Crippen LogP contribution in [0.1, 0.15) is 59.3 Å². The zero-order valence-corrected chi connectivity index (χ0v) is 14.2. The molecule has 0 aromatic heterocycles. The van der Waals surface area contributed by atoms with Gasteiger partial charge in [-0.3, -0.25) is 0 Å². The lowest BCUT2D eigenvalue weighted by molar-refractivity contribution is 0.319. The van der Waals surface area contributed by atoms with Crippen LogP contribution in [0, 0.1) is 11.3 Å². The molecular weight excluding hydrogens is 272 g/mol. The second-order valence-electron chi connectivity index (χ2n) is 6.94. The summed E-state index contributed by atoms with van der Waals surface area (Å²) in [6, 6.07) is 0. The van der Waals surface area contributed by atoms with Gasteiger partial charge in [-0.15, -0.1) is 0 Å². The summed E-state index contributed by atoms with van der Waals surface area (Å²) in [5.41, 5.74) is 0.0487. The van der Waals surface area contributed by atoms with E-state index in [0.717, 1.165) is 32.4 Å². The van der Waals surface area contributed by atoms with Gasteiger partial charge in [-0.1, -0.05) is 40.0 Å². The van der Waals surface area contributed by atoms with E-state index in [2.05, 4.69) is 30.8 Å². The van der Waals surface area contributed by atoms with E-state index in [1.807, 2.05) is 0 Å². The summed E-state index contributed by atoms with van der Waals surface area (Å²) in [7, 11) is -3.13. The predicted octanol–water partition coefficient (Wildman–Crippen LogP) is 2.51. The zero-order chi connectivity index (χ0) is 15.1. The zero-order valence-electron chi connectivity index (χ0n) is 13.4. The van der Waals surface area contributed by atoms with Gasteiger partial charge in [0, 0.05) is 6.54 Å². The van der Waals surface area contributed by atoms with Crippen LogP contribution >= 0.6 is 0 Å². The van der Waals surface area contributed by atoms with Gasteiger partial charge in [0.1, 0.15) is 0 Å². The van der Waals surface area contributed by atoms with E-state index in [1.165, 1.54) is 19.3 Å². The van der Waals surface area contributed by atoms with E-state index in [1.54, 1.807) is 0 Å². The number of hydrogen-bond donors (Lipinski definition) is 2. The highest BCUT2D eigenvalue weighted by Crippen LogP contribution is 2.23. The smallest absolute Gasteiger partial charge is 0.211 e. The molecular formula is C15H32N2O2S. The summed E-state index contributed by atoms with van der Waals surface area (Å²) in [5.74, 6) is 0.537. The minimum absolute atomic E-state index is 0.0487. The minimum atomic E-state index is -3.13. The quantitative estimate of drug-likeness (QED) is 0.644. The van der Waals surface area contributed by atoms with Crippen molar-refractivity contribution in [3.05, 3.63) is 0 Å². The Hall–Kier alpha value is -0.130. The Labute approximate surface area is 125 Å². The fourth-order valence-corrected chi connectivity index (χ4v) is 4.32. The lowest BCUT2D eigenvalue weighted by Gasteiger charge is -2.26. The molecule has 1 saturated heterocycles. The SMILES string of the molecule is CCCCCC(C)(C)CNS(=O)(=O)CC1CCCNC1. The minimum Gasteiger partial charge on any atom is -0.316 e. The average Bonchev–Trinajstić information content (AvgIpc) is 2.38. The molecule has 0 bridgehead atoms. The van der Waals surface area contributed by atoms with Gasteiger partial charge in [0.05, 0.1) is 5.75 Å². The van der Waals surface area contributed by atoms with Gasteiger partial charge in [0.25, 0.3) is 0 Å². The number of nitrogens with one attached hydrogen (secondary N) is 2. The molecule has 1 heterocycles. The average molecular weight is 305 g/mol. The third-order valence-corrected chi connectivity index (χ3v) is 5.58. The molecule has 20 heavy (non-hydrogen) atoms. The third-order valence-electron chi connectivity index (χ3n) is 4.08. The van der Waals surface area contributed by atoms with Crippen LogP contribution in [0.25, 0.3) is 0 Å². The molecule has 5 heteroatoms. The van der Waals surface area contributed by atoms with Crippen molar-refractivity contribution in [2.75, 3.05) is 25.4 Å². The maximum Gasteiger partial charge on any atom is 0.211 e. The Morgan fingerprint density at radius 1 is 1.30 bits per heavy atom. The highest BCUT2D eigenvalue weighted by atomic mass is 32.2. The first-order valence-electron chi connectivity index (χ1n) is 8.03. The lowest BCUT2D eigenvalue weighted by atomic mass is 9.87. The predicted molar refractivity (Wildman–Crippen MR) is 85.3 cm³/mol. The van der Waals surface area contributed by atoms with Gasteiger partial charge in [0.15, 0.2) is 0 Å². The van der Waals surface area contributed by atoms with Crippen molar-refractivity contribution in [2.24, 2.45) is 11.3 Å². The van der Waals surface area contributed by atoms with Crippen LogP contribution in [0.4, 0.5) is 0 Å². The molecule has 0 spiro atoms. The molecule has 0 aromatic carbocycles. The van der Waals surface area contributed by atoms with Crippen molar-refractivity contribution in [1.29, 1.82) is 0 Å². The molecule has 4 nitrogen and oxygen atoms in total. The lowest BCUT2D eigenvalue weighted by Crippen LogP contribution is -2.40. The molecule has 1 fully saturated rings. The maximum absolute atomic E-state index is 12.1. The Morgan fingerprint density at radius 3 is 2.65 bits per heavy atom. The van der Waals surface area contributed by atoms with Crippen LogP contribution in [-0.2, 0) is 10.0 Å². The Morgan fingerprint density at radius 2 is 2.05 bits per heavy atom. The third kappa shape index (κ3) is 7.60. The summed E-state index contributed by atoms with van der Waals surface area (Å²) in [6.45, 7) is 8.89. The standard InChI is InChI=1S/C15H32N2O2S/c1-4-5-6-9-15(2,3)13-17-20(18,19)12-14-8-7-10-16-11-14/h14,16-17H,4-13H2,1-3H3. The molecule has 0 amide bonds. The van der Waals surface area contributed by atoms with E-state index in [0.29, 0.717) is 6.54 Å². The van der Waals surface area contributed by atoms with Crippen LogP contribution in [0.3, 0.4) is 0 Å². The van der Waals surface area contributed by atoms with Crippen molar-refractivity contribution < 1.29 is 8.42 Å². The Bertz CT molecular complexity index is 360. The molecule has 2 N–H and O–H groups in total. The van der Waals surface area contributed by atoms with Crippen molar-refractivity contribution >= 4 is 10.0 Å². The van der Waals surface area contributed by atoms with Gasteiger partial charge in [-0.05, 0) is 43.7 Å². The maximum atomic E-state index is 12.1. The van der Waals surface area contributed by atoms with Gasteiger partial charge < -0.3 is 5.32 Å². The highest BCUT2D eigenvalue weighted by molar-refractivity contribution is 7.89. The molecule has 1 aliphatic heterocycles. The largest absolute Gasteiger partial charge is 0.316 e. The number of hydrogen-bond acceptors (Lipinski definition) is 3. The summed E-state index contributed by atoms with van der Waals surface area (Å²) < 4.78 is 27.1. The molecule has 0 aliphatic carbocycles. The van der Waals surface area contributed by atoms with E-state index in [4.69, 9.17) is 0 Å². The fraction of sp³-hybridized carbons (Fsp3) is 1.00. The van der Waals surface area contributed by atoms with Gasteiger partial charge in [0.2, 0.25) is 10.0 Å². The highest BCUT2D eigenvalue weighted by Gasteiger charge is 2.24. The Kier molecular flexibility index (Phi) is 7.48. The van der Waals surface area contributed by atoms with Gasteiger partial charge >= 0.3 is 0 Å². The first kappa shape index (κ1) is 17.9. The first-order chi connectivity index (χ1) is 9.35. The summed E-state index contributed by atoms with van der Waals surface area (Å²) in [4.78, 5) is 0. The number of rotatable bonds is 9. The molecule has 0 aromatic rings. The van der Waals surface area contributed by atoms with E-state index >= 15 is 0 Å². The van der Waals surface area contributed by atoms with E-state index in [9.17, 15) is 8.42 Å². The van der Waals surface area contributed by atoms with Crippen molar-refractivity contribution in [1.82, 2.24) is 10.0 Å². The van der Waals surface area contributed by atoms with Crippen LogP contribution in [-0.4, -0.2) is 33.8 Å². The fourth-order valence-electron chi connectivity index (χ4n) is 2.68. The second-order valence-corrected chi connectivity index (χ2v) is 8.79. The summed E-state index contributed by atoms with van der Waals surface area (Å²) >= 11 is 0. The molecule has 1 aliphatic rings. The van der Waals surface area contributed by atoms with Crippen molar-refractivity contribution in [3.63, 3.8) is 0 Å². The number of piperidine rings is 1. The van der Waals surface area contributed by atoms with E-state index < -0.39 is 10.0 Å². The normalized spacial score (nSPS) is 21.1. The molecule has 1 atom stereocenters. The van der Waals surface area contributed by atoms with Crippen molar-refractivity contribution in [3.8, 4) is 0 Å². The molecule has 0 radical (unpaired) electrons. The number of sulfonamides is 1. The molecule has 1 unspecified atom stereocenters. The topological polar surface area (TPSA) is 58.2 Å². The van der Waals surface area contributed by atoms with Crippen LogP contribution in [0.5, 0.6) is 0 Å². The van der Waals surface area contributed by atoms with Crippen LogP contribution in [0.2, 0.25) is 0 Å². The number of unbranched alkanes of at least 4 members (excludes halogenated alkanes) is 2. The summed E-state index contributed by atoms with van der Waals surface area (Å²) in [6.07, 6.45) is 6.79. The van der Waals surface area contributed by atoms with Gasteiger partial charge in [-0.2, -0.15) is 0 Å². The molecule has 1 rings (SSSR count). The monoisotopic (exact) mass is 304 g/mol. The molecule has 0 saturated carbocycles. The van der Waals surface area contributed by atoms with E-state index in [-0.39, 0.29) is 17.1 Å². The van der Waals surface area contributed by atoms with Crippen LogP contribution in [0.15, 0.2) is 0 Å². The molecule has 120 valence electrons. The summed E-state index contributed by atoms with van der Waals surface area (Å²) in [5, 5.41) is 3.27. The van der Waals surface area contributed by atoms with Crippen molar-refractivity contribution in [2.45, 2.75) is 59.3 Å².